The van der Waals surface area contributed by atoms with Crippen LogP contribution in [0, 0.1) is 5.41 Å². The summed E-state index contributed by atoms with van der Waals surface area (Å²) in [7, 11) is 1.73. The maximum Gasteiger partial charge on any atom is 0.273 e. The molecular formula is C24H32N4O2. The molecule has 0 unspecified atom stereocenters. The largest absolute Gasteiger partial charge is 0.496 e. The second kappa shape index (κ2) is 10.9. The minimum Gasteiger partial charge on any atom is -0.496 e. The summed E-state index contributed by atoms with van der Waals surface area (Å²) in [6.45, 7) is 5.28. The number of amides is 1. The van der Waals surface area contributed by atoms with Crippen LogP contribution in [0.15, 0.2) is 48.7 Å². The van der Waals surface area contributed by atoms with Crippen LogP contribution >= 0.6 is 0 Å². The van der Waals surface area contributed by atoms with Crippen molar-refractivity contribution in [1.82, 2.24) is 9.88 Å². The first-order valence-corrected chi connectivity index (χ1v) is 10.8. The van der Waals surface area contributed by atoms with Crippen molar-refractivity contribution in [3.05, 3.63) is 54.2 Å². The van der Waals surface area contributed by atoms with Gasteiger partial charge in [0.1, 0.15) is 11.6 Å². The van der Waals surface area contributed by atoms with Crippen molar-refractivity contribution >= 4 is 17.4 Å². The van der Waals surface area contributed by atoms with Gasteiger partial charge in [-0.25, -0.2) is 4.98 Å². The molecule has 30 heavy (non-hydrogen) atoms. The van der Waals surface area contributed by atoms with Crippen LogP contribution in [0.5, 0.6) is 5.75 Å². The Kier molecular flexibility index (Phi) is 7.97. The molecule has 0 radical (unpaired) electrons. The van der Waals surface area contributed by atoms with Crippen LogP contribution in [-0.2, 0) is 4.79 Å². The van der Waals surface area contributed by atoms with Crippen molar-refractivity contribution in [3.8, 4) is 5.75 Å². The lowest BCUT2D eigenvalue weighted by atomic mass is 9.89. The first-order valence-electron chi connectivity index (χ1n) is 10.8. The summed E-state index contributed by atoms with van der Waals surface area (Å²) in [5.74, 6) is 1.85. The summed E-state index contributed by atoms with van der Waals surface area (Å²) in [5, 5.41) is 8.11. The highest BCUT2D eigenvalue weighted by atomic mass is 16.5. The van der Waals surface area contributed by atoms with Crippen LogP contribution in [0.3, 0.4) is 0 Å². The lowest BCUT2D eigenvalue weighted by Gasteiger charge is -2.34. The highest BCUT2D eigenvalue weighted by Gasteiger charge is 2.25. The van der Waals surface area contributed by atoms with Crippen LogP contribution < -0.4 is 9.64 Å². The number of hydrogen-bond acceptors (Lipinski definition) is 5. The lowest BCUT2D eigenvalue weighted by Crippen LogP contribution is -2.44. The maximum atomic E-state index is 12.8. The monoisotopic (exact) mass is 408 g/mol. The topological polar surface area (TPSA) is 69.5 Å². The predicted molar refractivity (Wildman–Crippen MR) is 121 cm³/mol. The molecule has 2 aromatic rings. The van der Waals surface area contributed by atoms with Crippen LogP contribution in [0.2, 0.25) is 0 Å². The average Bonchev–Trinajstić information content (AvgIpc) is 2.80. The van der Waals surface area contributed by atoms with Gasteiger partial charge in [0.2, 0.25) is 0 Å². The lowest BCUT2D eigenvalue weighted by molar-refractivity contribution is -0.112. The van der Waals surface area contributed by atoms with Crippen LogP contribution in [0.25, 0.3) is 0 Å². The number of para-hydroxylation sites is 1. The Bertz CT molecular complexity index is 832. The minimum atomic E-state index is -0.237. The fourth-order valence-electron chi connectivity index (χ4n) is 4.07. The first kappa shape index (κ1) is 22.0. The van der Waals surface area contributed by atoms with Crippen molar-refractivity contribution in [2.24, 2.45) is 0 Å². The Labute approximate surface area is 179 Å². The van der Waals surface area contributed by atoms with Crippen LogP contribution in [0.1, 0.15) is 44.1 Å². The van der Waals surface area contributed by atoms with Crippen molar-refractivity contribution in [2.75, 3.05) is 38.2 Å². The second-order valence-electron chi connectivity index (χ2n) is 7.73. The Morgan fingerprint density at radius 3 is 2.60 bits per heavy atom. The number of rotatable bonds is 9. The van der Waals surface area contributed by atoms with Crippen molar-refractivity contribution in [1.29, 1.82) is 5.41 Å². The van der Waals surface area contributed by atoms with E-state index in [1.807, 2.05) is 37.3 Å². The van der Waals surface area contributed by atoms with Crippen molar-refractivity contribution in [3.63, 3.8) is 0 Å². The molecular weight excluding hydrogens is 376 g/mol. The molecule has 1 aliphatic heterocycles. The van der Waals surface area contributed by atoms with Gasteiger partial charge in [-0.2, -0.15) is 0 Å². The van der Waals surface area contributed by atoms with E-state index in [1.54, 1.807) is 18.2 Å². The van der Waals surface area contributed by atoms with Gasteiger partial charge in [-0.15, -0.1) is 0 Å². The van der Waals surface area contributed by atoms with Gasteiger partial charge in [-0.1, -0.05) is 37.6 Å². The van der Waals surface area contributed by atoms with Gasteiger partial charge in [-0.05, 0) is 62.0 Å². The quantitative estimate of drug-likeness (QED) is 0.634. The number of methoxy groups -OCH3 is 1. The molecule has 160 valence electrons. The Balaban J connectivity index is 1.60. The Morgan fingerprint density at radius 1 is 1.20 bits per heavy atom. The summed E-state index contributed by atoms with van der Waals surface area (Å²) in [5.41, 5.74) is 1.44. The molecule has 0 spiro atoms. The van der Waals surface area contributed by atoms with Gasteiger partial charge < -0.3 is 9.64 Å². The predicted octanol–water partition coefficient (Wildman–Crippen LogP) is 4.12. The minimum absolute atomic E-state index is 0.151. The van der Waals surface area contributed by atoms with E-state index in [4.69, 9.17) is 10.1 Å². The van der Waals surface area contributed by atoms with E-state index in [0.29, 0.717) is 24.7 Å². The molecule has 0 atom stereocenters. The molecule has 0 bridgehead atoms. The third-order valence-corrected chi connectivity index (χ3v) is 5.74. The number of piperidine rings is 1. The Hall–Kier alpha value is -2.73. The normalized spacial score (nSPS) is 15.0. The number of hydrogen-bond donors (Lipinski definition) is 1. The number of likely N-dealkylation sites (tertiary alicyclic amines) is 1. The van der Waals surface area contributed by atoms with E-state index >= 15 is 0 Å². The molecule has 1 amide bonds. The molecule has 1 aromatic heterocycles. The fraction of sp³-hybridized carbons (Fsp3) is 0.458. The van der Waals surface area contributed by atoms with E-state index < -0.39 is 0 Å². The van der Waals surface area contributed by atoms with E-state index in [0.717, 1.165) is 44.6 Å². The number of ether oxygens (including phenoxy) is 1. The van der Waals surface area contributed by atoms with Gasteiger partial charge in [0.25, 0.3) is 5.91 Å². The highest BCUT2D eigenvalue weighted by molar-refractivity contribution is 6.42. The molecule has 1 aromatic carbocycles. The van der Waals surface area contributed by atoms with Gasteiger partial charge in [0, 0.05) is 19.3 Å². The number of nitrogens with zero attached hydrogens (tertiary/aromatic N) is 3. The molecule has 6 nitrogen and oxygen atoms in total. The SMILES string of the molecule is CCCC(=N)C(=O)N(CCN1CCC(c2ccccc2OC)CC1)c1ccccn1. The van der Waals surface area contributed by atoms with Gasteiger partial charge >= 0.3 is 0 Å². The molecule has 1 saturated heterocycles. The zero-order valence-corrected chi connectivity index (χ0v) is 18.0. The van der Waals surface area contributed by atoms with Crippen LogP contribution in [0.4, 0.5) is 5.82 Å². The molecule has 3 rings (SSSR count). The molecule has 0 saturated carbocycles. The zero-order chi connectivity index (χ0) is 21.3. The zero-order valence-electron chi connectivity index (χ0n) is 18.0. The van der Waals surface area contributed by atoms with E-state index in [9.17, 15) is 4.79 Å². The number of pyridine rings is 1. The summed E-state index contributed by atoms with van der Waals surface area (Å²) >= 11 is 0. The standard InChI is InChI=1S/C24H32N4O2/c1-3-8-21(25)24(29)28(23-11-6-7-14-26-23)18-17-27-15-12-19(13-16-27)20-9-4-5-10-22(20)30-2/h4-7,9-11,14,19,25H,3,8,12-13,15-18H2,1-2H3. The summed E-state index contributed by atoms with van der Waals surface area (Å²) < 4.78 is 5.54. The number of aromatic nitrogens is 1. The average molecular weight is 409 g/mol. The number of nitrogens with one attached hydrogen (secondary N) is 1. The second-order valence-corrected chi connectivity index (χ2v) is 7.73. The van der Waals surface area contributed by atoms with E-state index in [1.165, 1.54) is 5.56 Å². The first-order chi connectivity index (χ1) is 14.6. The maximum absolute atomic E-state index is 12.8. The number of carbonyl (C=O) groups is 1. The Morgan fingerprint density at radius 2 is 1.93 bits per heavy atom. The van der Waals surface area contributed by atoms with E-state index in [-0.39, 0.29) is 11.6 Å². The number of anilines is 1. The van der Waals surface area contributed by atoms with Crippen molar-refractivity contribution in [2.45, 2.75) is 38.5 Å². The molecule has 6 heteroatoms. The highest BCUT2D eigenvalue weighted by Crippen LogP contribution is 2.33. The number of benzene rings is 1. The molecule has 0 aliphatic carbocycles. The van der Waals surface area contributed by atoms with E-state index in [2.05, 4.69) is 22.0 Å². The summed E-state index contributed by atoms with van der Waals surface area (Å²) in [4.78, 5) is 21.3. The van der Waals surface area contributed by atoms with Gasteiger partial charge in [0.15, 0.2) is 0 Å². The fourth-order valence-corrected chi connectivity index (χ4v) is 4.07. The summed E-state index contributed by atoms with van der Waals surface area (Å²) in [6, 6.07) is 13.8. The molecule has 1 fully saturated rings. The molecule has 2 heterocycles. The molecule has 1 aliphatic rings. The van der Waals surface area contributed by atoms with Crippen molar-refractivity contribution < 1.29 is 9.53 Å². The third-order valence-electron chi connectivity index (χ3n) is 5.74. The third kappa shape index (κ3) is 5.45. The smallest absolute Gasteiger partial charge is 0.273 e. The number of carbonyl (C=O) groups excluding carboxylic acids is 1. The summed E-state index contributed by atoms with van der Waals surface area (Å²) in [6.07, 6.45) is 5.12. The van der Waals surface area contributed by atoms with Crippen LogP contribution in [-0.4, -0.2) is 54.8 Å². The van der Waals surface area contributed by atoms with Gasteiger partial charge in [-0.3, -0.25) is 15.1 Å². The van der Waals surface area contributed by atoms with Gasteiger partial charge in [0.05, 0.1) is 12.8 Å². The molecule has 1 N–H and O–H groups in total.